The molecule has 0 aliphatic carbocycles. The number of hydrogen-bond donors (Lipinski definition) is 0. The van der Waals surface area contributed by atoms with Crippen LogP contribution in [0.2, 0.25) is 0 Å². The molecule has 1 aliphatic heterocycles. The molecule has 1 aromatic carbocycles. The largest absolute Gasteiger partial charge is 0.380 e. The molecule has 1 aromatic rings. The minimum absolute atomic E-state index is 0.0660. The molecule has 2 rings (SSSR count). The molecule has 1 fully saturated rings. The molecule has 0 spiro atoms. The summed E-state index contributed by atoms with van der Waals surface area (Å²) in [4.78, 5) is 14.2. The van der Waals surface area contributed by atoms with Crippen LogP contribution >= 0.6 is 10.7 Å². The van der Waals surface area contributed by atoms with E-state index in [0.29, 0.717) is 17.7 Å². The normalized spacial score (nSPS) is 19.0. The molecule has 116 valence electrons. The molecule has 21 heavy (non-hydrogen) atoms. The van der Waals surface area contributed by atoms with Gasteiger partial charge in [-0.15, -0.1) is 0 Å². The first kappa shape index (κ1) is 16.3. The van der Waals surface area contributed by atoms with Crippen molar-refractivity contribution in [1.82, 2.24) is 4.90 Å². The first-order chi connectivity index (χ1) is 9.84. The van der Waals surface area contributed by atoms with E-state index in [1.165, 1.54) is 13.2 Å². The number of methoxy groups -OCH3 is 1. The van der Waals surface area contributed by atoms with Gasteiger partial charge in [-0.1, -0.05) is 6.07 Å². The zero-order chi connectivity index (χ0) is 15.6. The Morgan fingerprint density at radius 2 is 2.19 bits per heavy atom. The monoisotopic (exact) mass is 331 g/mol. The van der Waals surface area contributed by atoms with E-state index in [2.05, 4.69) is 0 Å². The second-order valence-electron chi connectivity index (χ2n) is 5.18. The smallest absolute Gasteiger partial charge is 0.261 e. The van der Waals surface area contributed by atoms with Gasteiger partial charge in [0.2, 0.25) is 0 Å². The van der Waals surface area contributed by atoms with Crippen LogP contribution in [0.3, 0.4) is 0 Å². The molecular weight excluding hydrogens is 314 g/mol. The van der Waals surface area contributed by atoms with Gasteiger partial charge >= 0.3 is 0 Å². The molecule has 1 unspecified atom stereocenters. The van der Waals surface area contributed by atoms with Gasteiger partial charge in [-0.2, -0.15) is 0 Å². The summed E-state index contributed by atoms with van der Waals surface area (Å²) in [6, 6.07) is 4.71. The maximum atomic E-state index is 12.5. The maximum absolute atomic E-state index is 12.5. The van der Waals surface area contributed by atoms with Crippen molar-refractivity contribution >= 4 is 25.6 Å². The van der Waals surface area contributed by atoms with E-state index >= 15 is 0 Å². The molecule has 1 saturated heterocycles. The van der Waals surface area contributed by atoms with Crippen LogP contribution in [0.1, 0.15) is 35.7 Å². The predicted molar refractivity (Wildman–Crippen MR) is 79.9 cm³/mol. The number of benzene rings is 1. The summed E-state index contributed by atoms with van der Waals surface area (Å²) in [7, 11) is 3.00. The van der Waals surface area contributed by atoms with Crippen molar-refractivity contribution in [2.75, 3.05) is 13.7 Å². The Morgan fingerprint density at radius 1 is 1.48 bits per heavy atom. The number of carbonyl (C=O) groups is 1. The summed E-state index contributed by atoms with van der Waals surface area (Å²) < 4.78 is 28.3. The van der Waals surface area contributed by atoms with Gasteiger partial charge < -0.3 is 9.64 Å². The molecule has 1 aliphatic rings. The number of rotatable bonds is 4. The van der Waals surface area contributed by atoms with Crippen molar-refractivity contribution in [2.24, 2.45) is 0 Å². The summed E-state index contributed by atoms with van der Waals surface area (Å²) in [5.41, 5.74) is 0.779. The average molecular weight is 332 g/mol. The fourth-order valence-corrected chi connectivity index (χ4v) is 3.73. The summed E-state index contributed by atoms with van der Waals surface area (Å²) in [5.74, 6) is -0.162. The van der Waals surface area contributed by atoms with Crippen molar-refractivity contribution in [1.29, 1.82) is 0 Å². The zero-order valence-corrected chi connectivity index (χ0v) is 13.6. The molecule has 0 N–H and O–H groups in total. The van der Waals surface area contributed by atoms with E-state index in [4.69, 9.17) is 15.4 Å². The van der Waals surface area contributed by atoms with Crippen LogP contribution in [0.5, 0.6) is 0 Å². The first-order valence-electron chi connectivity index (χ1n) is 6.72. The molecular formula is C14H18ClNO4S. The zero-order valence-electron chi connectivity index (χ0n) is 12.0. The van der Waals surface area contributed by atoms with Crippen molar-refractivity contribution in [2.45, 2.75) is 37.3 Å². The summed E-state index contributed by atoms with van der Waals surface area (Å²) in [6.07, 6.45) is 1.93. The number of carbonyl (C=O) groups excluding carboxylic acids is 1. The van der Waals surface area contributed by atoms with Gasteiger partial charge in [0.05, 0.1) is 11.5 Å². The van der Waals surface area contributed by atoms with Crippen LogP contribution < -0.4 is 0 Å². The Labute approximate surface area is 129 Å². The molecule has 0 radical (unpaired) electrons. The Balaban J connectivity index is 2.40. The molecule has 0 saturated carbocycles. The minimum atomic E-state index is -3.93. The Kier molecular flexibility index (Phi) is 4.91. The highest BCUT2D eigenvalue weighted by Crippen LogP contribution is 2.25. The Hall–Kier alpha value is -1.11. The van der Waals surface area contributed by atoms with Crippen LogP contribution in [0, 0.1) is 0 Å². The molecule has 1 amide bonds. The van der Waals surface area contributed by atoms with Crippen molar-refractivity contribution in [3.63, 3.8) is 0 Å². The van der Waals surface area contributed by atoms with E-state index < -0.39 is 9.05 Å². The lowest BCUT2D eigenvalue weighted by Crippen LogP contribution is -2.33. The maximum Gasteiger partial charge on any atom is 0.261 e. The number of likely N-dealkylation sites (tertiary alicyclic amines) is 1. The lowest BCUT2D eigenvalue weighted by atomic mass is 10.1. The molecule has 5 nitrogen and oxygen atoms in total. The van der Waals surface area contributed by atoms with Crippen molar-refractivity contribution in [3.8, 4) is 0 Å². The lowest BCUT2D eigenvalue weighted by molar-refractivity contribution is 0.0747. The third-order valence-electron chi connectivity index (χ3n) is 3.69. The van der Waals surface area contributed by atoms with Gasteiger partial charge in [0, 0.05) is 35.9 Å². The SMILES string of the molecule is COCc1ccc(C(=O)N2CCCC2C)cc1S(=O)(=O)Cl. The summed E-state index contributed by atoms with van der Waals surface area (Å²) >= 11 is 0. The summed E-state index contributed by atoms with van der Waals surface area (Å²) in [6.45, 7) is 2.81. The average Bonchev–Trinajstić information content (AvgIpc) is 2.84. The van der Waals surface area contributed by atoms with Crippen LogP contribution in [-0.4, -0.2) is 38.9 Å². The van der Waals surface area contributed by atoms with Gasteiger partial charge in [0.25, 0.3) is 15.0 Å². The molecule has 0 bridgehead atoms. The highest BCUT2D eigenvalue weighted by atomic mass is 35.7. The third-order valence-corrected chi connectivity index (χ3v) is 5.09. The number of halogens is 1. The predicted octanol–water partition coefficient (Wildman–Crippen LogP) is 2.39. The second kappa shape index (κ2) is 6.34. The lowest BCUT2D eigenvalue weighted by Gasteiger charge is -2.22. The van der Waals surface area contributed by atoms with Gasteiger partial charge in [-0.05, 0) is 37.5 Å². The molecule has 0 aromatic heterocycles. The number of amides is 1. The number of ether oxygens (including phenoxy) is 1. The highest BCUT2D eigenvalue weighted by molar-refractivity contribution is 8.13. The van der Waals surface area contributed by atoms with Gasteiger partial charge in [-0.25, -0.2) is 8.42 Å². The molecule has 1 atom stereocenters. The topological polar surface area (TPSA) is 63.7 Å². The van der Waals surface area contributed by atoms with Gasteiger partial charge in [-0.3, -0.25) is 4.79 Å². The van der Waals surface area contributed by atoms with E-state index in [0.717, 1.165) is 12.8 Å². The fourth-order valence-electron chi connectivity index (χ4n) is 2.59. The van der Waals surface area contributed by atoms with E-state index in [1.54, 1.807) is 17.0 Å². The van der Waals surface area contributed by atoms with Crippen LogP contribution in [-0.2, 0) is 20.4 Å². The Bertz CT molecular complexity index is 644. The van der Waals surface area contributed by atoms with Gasteiger partial charge in [0.15, 0.2) is 0 Å². The van der Waals surface area contributed by atoms with Gasteiger partial charge in [0.1, 0.15) is 0 Å². The van der Waals surface area contributed by atoms with Crippen LogP contribution in [0.15, 0.2) is 23.1 Å². The highest BCUT2D eigenvalue weighted by Gasteiger charge is 2.27. The molecule has 7 heteroatoms. The number of hydrogen-bond acceptors (Lipinski definition) is 4. The van der Waals surface area contributed by atoms with Crippen molar-refractivity contribution < 1.29 is 17.9 Å². The molecule has 1 heterocycles. The second-order valence-corrected chi connectivity index (χ2v) is 7.72. The first-order valence-corrected chi connectivity index (χ1v) is 9.03. The standard InChI is InChI=1S/C14H18ClNO4S/c1-10-4-3-7-16(10)14(17)11-5-6-12(9-20-2)13(8-11)21(15,18)19/h5-6,8,10H,3-4,7,9H2,1-2H3. The third kappa shape index (κ3) is 3.56. The van der Waals surface area contributed by atoms with E-state index in [-0.39, 0.29) is 23.5 Å². The minimum Gasteiger partial charge on any atom is -0.380 e. The fraction of sp³-hybridized carbons (Fsp3) is 0.500. The van der Waals surface area contributed by atoms with Crippen molar-refractivity contribution in [3.05, 3.63) is 29.3 Å². The van der Waals surface area contributed by atoms with E-state index in [1.807, 2.05) is 6.92 Å². The summed E-state index contributed by atoms with van der Waals surface area (Å²) in [5, 5.41) is 0. The quantitative estimate of drug-likeness (QED) is 0.795. The van der Waals surface area contributed by atoms with E-state index in [9.17, 15) is 13.2 Å². The van der Waals surface area contributed by atoms with Crippen LogP contribution in [0.4, 0.5) is 0 Å². The van der Waals surface area contributed by atoms with Crippen LogP contribution in [0.25, 0.3) is 0 Å². The Morgan fingerprint density at radius 3 is 2.71 bits per heavy atom. The number of nitrogens with zero attached hydrogens (tertiary/aromatic N) is 1.